The van der Waals surface area contributed by atoms with Gasteiger partial charge in [-0.25, -0.2) is 0 Å². The van der Waals surface area contributed by atoms with Gasteiger partial charge in [0.25, 0.3) is 0 Å². The third-order valence-corrected chi connectivity index (χ3v) is 7.18. The summed E-state index contributed by atoms with van der Waals surface area (Å²) in [6.45, 7) is 2.09. The van der Waals surface area contributed by atoms with Crippen LogP contribution in [0.25, 0.3) is 0 Å². The minimum atomic E-state index is 0.139. The average molecular weight is 455 g/mol. The van der Waals surface area contributed by atoms with Gasteiger partial charge >= 0.3 is 0 Å². The fraction of sp³-hybridized carbons (Fsp3) is 0.231. The van der Waals surface area contributed by atoms with Gasteiger partial charge in [0, 0.05) is 14.9 Å². The van der Waals surface area contributed by atoms with Gasteiger partial charge in [-0.15, -0.1) is 11.3 Å². The summed E-state index contributed by atoms with van der Waals surface area (Å²) >= 11 is 12.5. The van der Waals surface area contributed by atoms with Gasteiger partial charge in [0.15, 0.2) is 0 Å². The minimum Gasteiger partial charge on any atom is -0.496 e. The lowest BCUT2D eigenvalue weighted by atomic mass is 10.1. The zero-order valence-electron chi connectivity index (χ0n) is 9.84. The van der Waals surface area contributed by atoms with Crippen LogP contribution in [0.5, 0.6) is 5.75 Å². The zero-order chi connectivity index (χ0) is 13.3. The second-order valence-corrected chi connectivity index (χ2v) is 8.05. The molecule has 0 aliphatic heterocycles. The average Bonchev–Trinajstić information content (AvgIpc) is 2.68. The number of hydrogen-bond donors (Lipinski definition) is 0. The van der Waals surface area contributed by atoms with Crippen molar-refractivity contribution in [3.05, 3.63) is 48.5 Å². The molecule has 2 aromatic rings. The van der Waals surface area contributed by atoms with Crippen molar-refractivity contribution in [2.45, 2.75) is 11.8 Å². The number of rotatable bonds is 3. The number of ether oxygens (including phenoxy) is 1. The highest BCUT2D eigenvalue weighted by molar-refractivity contribution is 9.13. The molecule has 1 aromatic heterocycles. The summed E-state index contributed by atoms with van der Waals surface area (Å²) < 4.78 is 7.62. The van der Waals surface area contributed by atoms with E-state index in [1.165, 1.54) is 10.4 Å². The Hall–Kier alpha value is 0.160. The van der Waals surface area contributed by atoms with Gasteiger partial charge in [-0.1, -0.05) is 33.6 Å². The molecule has 0 aliphatic rings. The quantitative estimate of drug-likeness (QED) is 0.511. The third kappa shape index (κ3) is 3.00. The van der Waals surface area contributed by atoms with Crippen LogP contribution in [0, 0.1) is 6.92 Å². The number of alkyl halides is 1. The highest BCUT2D eigenvalue weighted by Crippen LogP contribution is 2.43. The molecule has 0 aliphatic carbocycles. The number of aryl methyl sites for hydroxylation is 1. The number of benzene rings is 1. The Labute approximate surface area is 136 Å². The van der Waals surface area contributed by atoms with E-state index in [0.29, 0.717) is 0 Å². The number of hydrogen-bond acceptors (Lipinski definition) is 2. The van der Waals surface area contributed by atoms with Crippen molar-refractivity contribution in [3.8, 4) is 5.75 Å². The molecule has 1 aromatic carbocycles. The molecule has 2 rings (SSSR count). The third-order valence-electron chi connectivity index (χ3n) is 2.57. The highest BCUT2D eigenvalue weighted by Gasteiger charge is 2.18. The van der Waals surface area contributed by atoms with E-state index in [4.69, 9.17) is 4.74 Å². The molecule has 0 radical (unpaired) electrons. The van der Waals surface area contributed by atoms with Crippen LogP contribution in [-0.4, -0.2) is 7.11 Å². The first-order valence-electron chi connectivity index (χ1n) is 5.26. The Balaban J connectivity index is 2.44. The lowest BCUT2D eigenvalue weighted by Crippen LogP contribution is -1.96. The lowest BCUT2D eigenvalue weighted by molar-refractivity contribution is 0.410. The molecule has 0 saturated carbocycles. The summed E-state index contributed by atoms with van der Waals surface area (Å²) in [4.78, 5) is 1.37. The Morgan fingerprint density at radius 1 is 1.22 bits per heavy atom. The molecule has 0 amide bonds. The largest absolute Gasteiger partial charge is 0.496 e. The number of methoxy groups -OCH3 is 1. The van der Waals surface area contributed by atoms with Crippen LogP contribution in [0.2, 0.25) is 0 Å². The van der Waals surface area contributed by atoms with Crippen molar-refractivity contribution < 1.29 is 4.74 Å². The summed E-state index contributed by atoms with van der Waals surface area (Å²) in [5, 5.41) is 0. The van der Waals surface area contributed by atoms with E-state index in [1.807, 2.05) is 6.07 Å². The lowest BCUT2D eigenvalue weighted by Gasteiger charge is -2.13. The maximum atomic E-state index is 5.43. The van der Waals surface area contributed by atoms with Gasteiger partial charge < -0.3 is 4.74 Å². The summed E-state index contributed by atoms with van der Waals surface area (Å²) in [7, 11) is 1.70. The SMILES string of the molecule is COc1ccc(C)cc1C(Br)c1cc(Br)c(Br)s1. The summed E-state index contributed by atoms with van der Waals surface area (Å²) in [5.41, 5.74) is 2.38. The highest BCUT2D eigenvalue weighted by atomic mass is 79.9. The number of halogens is 3. The molecule has 1 heterocycles. The van der Waals surface area contributed by atoms with Crippen LogP contribution in [0.3, 0.4) is 0 Å². The van der Waals surface area contributed by atoms with Crippen LogP contribution in [0.1, 0.15) is 20.8 Å². The first kappa shape index (κ1) is 14.6. The maximum Gasteiger partial charge on any atom is 0.123 e. The van der Waals surface area contributed by atoms with Crippen molar-refractivity contribution in [2.75, 3.05) is 7.11 Å². The first-order chi connectivity index (χ1) is 8.52. The summed E-state index contributed by atoms with van der Waals surface area (Å²) in [6, 6.07) is 8.34. The summed E-state index contributed by atoms with van der Waals surface area (Å²) in [5.74, 6) is 0.906. The second-order valence-electron chi connectivity index (χ2n) is 3.88. The Morgan fingerprint density at radius 2 is 1.94 bits per heavy atom. The smallest absolute Gasteiger partial charge is 0.123 e. The molecule has 5 heteroatoms. The monoisotopic (exact) mass is 452 g/mol. The summed E-state index contributed by atoms with van der Waals surface area (Å²) in [6.07, 6.45) is 0. The van der Waals surface area contributed by atoms with E-state index in [2.05, 4.69) is 72.9 Å². The Morgan fingerprint density at radius 3 is 2.50 bits per heavy atom. The van der Waals surface area contributed by atoms with Gasteiger partial charge in [-0.2, -0.15) is 0 Å². The van der Waals surface area contributed by atoms with Crippen molar-refractivity contribution in [1.29, 1.82) is 0 Å². The fourth-order valence-corrected chi connectivity index (χ4v) is 4.55. The predicted octanol–water partition coefficient (Wildman–Crippen LogP) is 6.07. The van der Waals surface area contributed by atoms with Crippen LogP contribution < -0.4 is 4.74 Å². The van der Waals surface area contributed by atoms with E-state index in [1.54, 1.807) is 18.4 Å². The molecular formula is C13H11Br3OS. The molecule has 1 unspecified atom stereocenters. The molecule has 0 N–H and O–H groups in total. The molecule has 0 spiro atoms. The Kier molecular flexibility index (Phi) is 4.92. The number of thiophene rings is 1. The van der Waals surface area contributed by atoms with Crippen LogP contribution in [0.4, 0.5) is 0 Å². The normalized spacial score (nSPS) is 12.5. The molecule has 0 saturated heterocycles. The Bertz CT molecular complexity index is 546. The van der Waals surface area contributed by atoms with E-state index < -0.39 is 0 Å². The molecule has 1 atom stereocenters. The van der Waals surface area contributed by atoms with E-state index in [9.17, 15) is 0 Å². The van der Waals surface area contributed by atoms with E-state index >= 15 is 0 Å². The fourth-order valence-electron chi connectivity index (χ4n) is 1.69. The van der Waals surface area contributed by atoms with Gasteiger partial charge in [0.1, 0.15) is 5.75 Å². The van der Waals surface area contributed by atoms with E-state index in [-0.39, 0.29) is 4.83 Å². The predicted molar refractivity (Wildman–Crippen MR) is 88.2 cm³/mol. The van der Waals surface area contributed by atoms with Crippen LogP contribution in [0.15, 0.2) is 32.5 Å². The van der Waals surface area contributed by atoms with E-state index in [0.717, 1.165) is 19.6 Å². The van der Waals surface area contributed by atoms with Gasteiger partial charge in [0.2, 0.25) is 0 Å². The van der Waals surface area contributed by atoms with Crippen LogP contribution in [-0.2, 0) is 0 Å². The van der Waals surface area contributed by atoms with Crippen molar-refractivity contribution in [1.82, 2.24) is 0 Å². The van der Waals surface area contributed by atoms with Crippen LogP contribution >= 0.6 is 59.1 Å². The molecule has 96 valence electrons. The minimum absolute atomic E-state index is 0.139. The van der Waals surface area contributed by atoms with Gasteiger partial charge in [-0.05, 0) is 50.9 Å². The van der Waals surface area contributed by atoms with Crippen molar-refractivity contribution in [3.63, 3.8) is 0 Å². The molecule has 1 nitrogen and oxygen atoms in total. The van der Waals surface area contributed by atoms with Crippen molar-refractivity contribution in [2.24, 2.45) is 0 Å². The van der Waals surface area contributed by atoms with Gasteiger partial charge in [0.05, 0.1) is 15.7 Å². The molecular weight excluding hydrogens is 444 g/mol. The zero-order valence-corrected chi connectivity index (χ0v) is 15.4. The molecule has 0 fully saturated rings. The molecule has 0 bridgehead atoms. The van der Waals surface area contributed by atoms with Crippen molar-refractivity contribution >= 4 is 59.1 Å². The standard InChI is InChI=1S/C13H11Br3OS/c1-7-3-4-10(17-2)8(5-7)12(15)11-6-9(14)13(16)18-11/h3-6,12H,1-2H3. The molecule has 18 heavy (non-hydrogen) atoms. The first-order valence-corrected chi connectivity index (χ1v) is 8.58. The maximum absolute atomic E-state index is 5.43. The topological polar surface area (TPSA) is 9.23 Å². The van der Waals surface area contributed by atoms with Gasteiger partial charge in [-0.3, -0.25) is 0 Å². The second kappa shape index (κ2) is 6.07.